The number of rotatable bonds is 5. The highest BCUT2D eigenvalue weighted by Crippen LogP contribution is 2.07. The Kier molecular flexibility index (Phi) is 4.71. The summed E-state index contributed by atoms with van der Waals surface area (Å²) in [6, 6.07) is 0. The van der Waals surface area contributed by atoms with Crippen LogP contribution in [0.4, 0.5) is 0 Å². The normalized spacial score (nSPS) is 21.5. The summed E-state index contributed by atoms with van der Waals surface area (Å²) in [5, 5.41) is 5.46. The zero-order valence-corrected chi connectivity index (χ0v) is 10.5. The largest absolute Gasteiger partial charge is 0.376 e. The first-order chi connectivity index (χ1) is 7.84. The van der Waals surface area contributed by atoms with Crippen molar-refractivity contribution in [2.45, 2.75) is 19.1 Å². The van der Waals surface area contributed by atoms with Crippen LogP contribution < -0.4 is 5.32 Å². The van der Waals surface area contributed by atoms with Gasteiger partial charge in [-0.05, 0) is 13.5 Å². The average molecular weight is 241 g/mol. The molecule has 0 amide bonds. The number of ether oxygens (including phenoxy) is 1. The Bertz CT molecular complexity index is 285. The van der Waals surface area contributed by atoms with Crippen molar-refractivity contribution in [1.29, 1.82) is 0 Å². The lowest BCUT2D eigenvalue weighted by molar-refractivity contribution is 0.0183. The molecular formula is C11H19N3OS. The van der Waals surface area contributed by atoms with Crippen LogP contribution in [0, 0.1) is 0 Å². The Morgan fingerprint density at radius 1 is 1.69 bits per heavy atom. The van der Waals surface area contributed by atoms with Gasteiger partial charge in [0.2, 0.25) is 0 Å². The zero-order chi connectivity index (χ0) is 11.2. The summed E-state index contributed by atoms with van der Waals surface area (Å²) in [6.45, 7) is 4.82. The quantitative estimate of drug-likeness (QED) is 0.833. The molecule has 16 heavy (non-hydrogen) atoms. The van der Waals surface area contributed by atoms with Gasteiger partial charge < -0.3 is 15.0 Å². The minimum absolute atomic E-state index is 0.381. The fourth-order valence-electron chi connectivity index (χ4n) is 1.84. The number of hydrogen-bond donors (Lipinski definition) is 1. The summed E-state index contributed by atoms with van der Waals surface area (Å²) in [4.78, 5) is 6.58. The van der Waals surface area contributed by atoms with Crippen molar-refractivity contribution >= 4 is 11.3 Å². The molecule has 0 saturated carbocycles. The van der Waals surface area contributed by atoms with Crippen molar-refractivity contribution in [3.8, 4) is 0 Å². The lowest BCUT2D eigenvalue weighted by Crippen LogP contribution is -2.40. The van der Waals surface area contributed by atoms with Crippen molar-refractivity contribution < 1.29 is 4.74 Å². The predicted octanol–water partition coefficient (Wildman–Crippen LogP) is 0.953. The molecule has 1 N–H and O–H groups in total. The molecule has 0 aliphatic carbocycles. The van der Waals surface area contributed by atoms with Gasteiger partial charge in [-0.1, -0.05) is 0 Å². The third kappa shape index (κ3) is 3.83. The van der Waals surface area contributed by atoms with Gasteiger partial charge in [0.25, 0.3) is 0 Å². The van der Waals surface area contributed by atoms with Crippen LogP contribution >= 0.6 is 11.3 Å². The summed E-state index contributed by atoms with van der Waals surface area (Å²) in [7, 11) is 2.13. The molecule has 5 heteroatoms. The first kappa shape index (κ1) is 12.0. The van der Waals surface area contributed by atoms with E-state index in [1.54, 1.807) is 11.3 Å². The first-order valence-corrected chi connectivity index (χ1v) is 6.67. The molecule has 2 heterocycles. The van der Waals surface area contributed by atoms with Crippen LogP contribution in [0.25, 0.3) is 0 Å². The molecule has 1 fully saturated rings. The Balaban J connectivity index is 1.65. The van der Waals surface area contributed by atoms with Gasteiger partial charge in [-0.2, -0.15) is 0 Å². The van der Waals surface area contributed by atoms with Gasteiger partial charge in [0.15, 0.2) is 0 Å². The maximum absolute atomic E-state index is 5.66. The van der Waals surface area contributed by atoms with Gasteiger partial charge in [-0.25, -0.2) is 4.98 Å². The van der Waals surface area contributed by atoms with Crippen LogP contribution in [0.3, 0.4) is 0 Å². The molecule has 4 nitrogen and oxygen atoms in total. The number of hydrogen-bond acceptors (Lipinski definition) is 5. The summed E-state index contributed by atoms with van der Waals surface area (Å²) in [5.41, 5.74) is 3.05. The van der Waals surface area contributed by atoms with Gasteiger partial charge in [0.1, 0.15) is 0 Å². The SMILES string of the molecule is CN(CCC1CNCCO1)Cc1cscn1. The fraction of sp³-hybridized carbons (Fsp3) is 0.727. The molecule has 1 unspecified atom stereocenters. The van der Waals surface area contributed by atoms with Gasteiger partial charge in [-0.3, -0.25) is 0 Å². The lowest BCUT2D eigenvalue weighted by atomic mass is 10.2. The zero-order valence-electron chi connectivity index (χ0n) is 9.69. The lowest BCUT2D eigenvalue weighted by Gasteiger charge is -2.25. The van der Waals surface area contributed by atoms with E-state index >= 15 is 0 Å². The van der Waals surface area contributed by atoms with Gasteiger partial charge in [0.05, 0.1) is 23.9 Å². The molecule has 0 bridgehead atoms. The van der Waals surface area contributed by atoms with E-state index in [9.17, 15) is 0 Å². The Morgan fingerprint density at radius 3 is 3.31 bits per heavy atom. The minimum Gasteiger partial charge on any atom is -0.376 e. The number of thiazole rings is 1. The van der Waals surface area contributed by atoms with Crippen molar-refractivity contribution in [2.24, 2.45) is 0 Å². The molecule has 2 rings (SSSR count). The Hall–Kier alpha value is -0.490. The van der Waals surface area contributed by atoms with Crippen molar-refractivity contribution in [3.05, 3.63) is 16.6 Å². The summed E-state index contributed by atoms with van der Waals surface area (Å²) in [6.07, 6.45) is 1.47. The number of nitrogens with zero attached hydrogens (tertiary/aromatic N) is 2. The topological polar surface area (TPSA) is 37.4 Å². The summed E-state index contributed by atoms with van der Waals surface area (Å²) in [5.74, 6) is 0. The predicted molar refractivity (Wildman–Crippen MR) is 65.7 cm³/mol. The smallest absolute Gasteiger partial charge is 0.0795 e. The van der Waals surface area contributed by atoms with E-state index in [0.717, 1.165) is 44.9 Å². The summed E-state index contributed by atoms with van der Waals surface area (Å²) < 4.78 is 5.66. The number of nitrogens with one attached hydrogen (secondary N) is 1. The number of morpholine rings is 1. The van der Waals surface area contributed by atoms with Crippen LogP contribution in [-0.4, -0.2) is 49.3 Å². The summed E-state index contributed by atoms with van der Waals surface area (Å²) >= 11 is 1.66. The van der Waals surface area contributed by atoms with Crippen LogP contribution in [-0.2, 0) is 11.3 Å². The molecule has 1 aliphatic rings. The molecule has 0 aromatic carbocycles. The highest BCUT2D eigenvalue weighted by Gasteiger charge is 2.13. The van der Waals surface area contributed by atoms with Gasteiger partial charge in [0, 0.05) is 31.6 Å². The van der Waals surface area contributed by atoms with E-state index < -0.39 is 0 Å². The fourth-order valence-corrected chi connectivity index (χ4v) is 2.39. The molecule has 1 saturated heterocycles. The maximum atomic E-state index is 5.66. The molecule has 1 aromatic rings. The Labute approximate surface area is 101 Å². The van der Waals surface area contributed by atoms with E-state index in [0.29, 0.717) is 6.10 Å². The standard InChI is InChI=1S/C11H19N3OS/c1-14(7-10-8-16-9-13-10)4-2-11-6-12-3-5-15-11/h8-9,11-12H,2-7H2,1H3. The van der Waals surface area contributed by atoms with Crippen LogP contribution in [0.1, 0.15) is 12.1 Å². The van der Waals surface area contributed by atoms with E-state index in [1.165, 1.54) is 0 Å². The average Bonchev–Trinajstić information content (AvgIpc) is 2.81. The molecular weight excluding hydrogens is 222 g/mol. The van der Waals surface area contributed by atoms with E-state index in [4.69, 9.17) is 4.74 Å². The van der Waals surface area contributed by atoms with Crippen LogP contribution in [0.15, 0.2) is 10.9 Å². The maximum Gasteiger partial charge on any atom is 0.0795 e. The van der Waals surface area contributed by atoms with Gasteiger partial charge >= 0.3 is 0 Å². The molecule has 0 radical (unpaired) electrons. The van der Waals surface area contributed by atoms with Crippen molar-refractivity contribution in [2.75, 3.05) is 33.3 Å². The molecule has 90 valence electrons. The van der Waals surface area contributed by atoms with E-state index in [-0.39, 0.29) is 0 Å². The molecule has 1 aliphatic heterocycles. The Morgan fingerprint density at radius 2 is 2.62 bits per heavy atom. The highest BCUT2D eigenvalue weighted by atomic mass is 32.1. The number of aromatic nitrogens is 1. The minimum atomic E-state index is 0.381. The molecule has 1 aromatic heterocycles. The van der Waals surface area contributed by atoms with Crippen molar-refractivity contribution in [3.63, 3.8) is 0 Å². The van der Waals surface area contributed by atoms with Crippen LogP contribution in [0.5, 0.6) is 0 Å². The molecule has 0 spiro atoms. The third-order valence-corrected chi connectivity index (χ3v) is 3.39. The van der Waals surface area contributed by atoms with Gasteiger partial charge in [-0.15, -0.1) is 11.3 Å². The second kappa shape index (κ2) is 6.30. The highest BCUT2D eigenvalue weighted by molar-refractivity contribution is 7.07. The molecule has 1 atom stereocenters. The van der Waals surface area contributed by atoms with Crippen molar-refractivity contribution in [1.82, 2.24) is 15.2 Å². The third-order valence-electron chi connectivity index (χ3n) is 2.75. The second-order valence-corrected chi connectivity index (χ2v) is 4.92. The first-order valence-electron chi connectivity index (χ1n) is 5.72. The van der Waals surface area contributed by atoms with E-state index in [1.807, 2.05) is 5.51 Å². The van der Waals surface area contributed by atoms with Crippen LogP contribution in [0.2, 0.25) is 0 Å². The van der Waals surface area contributed by atoms with E-state index in [2.05, 4.69) is 27.6 Å². The monoisotopic (exact) mass is 241 g/mol. The second-order valence-electron chi connectivity index (χ2n) is 4.20.